The molecule has 1 heterocycles. The maximum atomic E-state index is 12.7. The molecule has 7 heteroatoms. The first kappa shape index (κ1) is 19.6. The largest absolute Gasteiger partial charge is 0.452 e. The summed E-state index contributed by atoms with van der Waals surface area (Å²) in [6.07, 6.45) is 4.31. The Hall–Kier alpha value is -3.19. The Morgan fingerprint density at radius 1 is 1.04 bits per heavy atom. The van der Waals surface area contributed by atoms with Gasteiger partial charge in [0.25, 0.3) is 5.91 Å². The molecule has 28 heavy (non-hydrogen) atoms. The molecule has 0 spiro atoms. The first-order valence-electron chi connectivity index (χ1n) is 8.62. The van der Waals surface area contributed by atoms with Crippen molar-refractivity contribution in [1.82, 2.24) is 0 Å². The Morgan fingerprint density at radius 3 is 2.29 bits per heavy atom. The fourth-order valence-electron chi connectivity index (χ4n) is 2.81. The van der Waals surface area contributed by atoms with Crippen molar-refractivity contribution in [3.8, 4) is 0 Å². The summed E-state index contributed by atoms with van der Waals surface area (Å²) in [4.78, 5) is 26.0. The van der Waals surface area contributed by atoms with Crippen LogP contribution in [0.1, 0.15) is 5.56 Å². The lowest BCUT2D eigenvalue weighted by Crippen LogP contribution is -2.43. The summed E-state index contributed by atoms with van der Waals surface area (Å²) in [7, 11) is -3.35. The molecule has 0 aliphatic carbocycles. The number of hydrogen-bond acceptors (Lipinski definition) is 5. The summed E-state index contributed by atoms with van der Waals surface area (Å²) >= 11 is 0. The van der Waals surface area contributed by atoms with Crippen LogP contribution in [0.4, 0.5) is 5.69 Å². The van der Waals surface area contributed by atoms with E-state index in [1.807, 2.05) is 30.3 Å². The van der Waals surface area contributed by atoms with E-state index >= 15 is 0 Å². The lowest BCUT2D eigenvalue weighted by atomic mass is 10.2. The van der Waals surface area contributed by atoms with Gasteiger partial charge in [-0.3, -0.25) is 4.79 Å². The maximum absolute atomic E-state index is 12.7. The van der Waals surface area contributed by atoms with Gasteiger partial charge in [0.2, 0.25) is 0 Å². The average Bonchev–Trinajstić information content (AvgIpc) is 3.06. The minimum atomic E-state index is -3.35. The summed E-state index contributed by atoms with van der Waals surface area (Å²) in [5, 5.41) is 1.11. The minimum absolute atomic E-state index is 0.199. The van der Waals surface area contributed by atoms with Gasteiger partial charge in [0, 0.05) is 17.2 Å². The van der Waals surface area contributed by atoms with Gasteiger partial charge in [0.05, 0.1) is 11.8 Å². The van der Waals surface area contributed by atoms with Crippen molar-refractivity contribution in [2.45, 2.75) is 6.04 Å². The highest BCUT2D eigenvalue weighted by Gasteiger charge is 2.31. The highest BCUT2D eigenvalue weighted by molar-refractivity contribution is 7.94. The fourth-order valence-corrected chi connectivity index (χ4v) is 4.08. The molecule has 0 aromatic heterocycles. The van der Waals surface area contributed by atoms with E-state index in [0.717, 1.165) is 11.0 Å². The number of benzene rings is 2. The third-order valence-corrected chi connectivity index (χ3v) is 5.47. The lowest BCUT2D eigenvalue weighted by molar-refractivity contribution is -0.143. The zero-order valence-electron chi connectivity index (χ0n) is 15.0. The lowest BCUT2D eigenvalue weighted by Gasteiger charge is -2.27. The molecule has 3 rings (SSSR count). The predicted molar refractivity (Wildman–Crippen MR) is 107 cm³/mol. The van der Waals surface area contributed by atoms with Crippen LogP contribution < -0.4 is 4.90 Å². The van der Waals surface area contributed by atoms with Gasteiger partial charge in [-0.25, -0.2) is 13.2 Å². The zero-order valence-corrected chi connectivity index (χ0v) is 15.8. The van der Waals surface area contributed by atoms with E-state index in [9.17, 15) is 18.0 Å². The Balaban J connectivity index is 1.67. The van der Waals surface area contributed by atoms with Crippen molar-refractivity contribution in [3.05, 3.63) is 83.8 Å². The molecule has 2 aromatic carbocycles. The highest BCUT2D eigenvalue weighted by Crippen LogP contribution is 2.22. The van der Waals surface area contributed by atoms with Crippen molar-refractivity contribution >= 4 is 33.5 Å². The van der Waals surface area contributed by atoms with Gasteiger partial charge in [0.1, 0.15) is 0 Å². The Bertz CT molecular complexity index is 998. The van der Waals surface area contributed by atoms with E-state index in [4.69, 9.17) is 4.74 Å². The molecular formula is C21H19NO5S. The maximum Gasteiger partial charge on any atom is 0.331 e. The van der Waals surface area contributed by atoms with E-state index in [2.05, 4.69) is 0 Å². The molecule has 1 amide bonds. The standard InChI is InChI=1S/C21H19NO5S/c23-20(15-27-21(24)12-11-17-7-3-1-4-8-17)22(18-9-5-2-6-10-18)19-13-14-28(25,26)16-19/h1-14,19H,15-16H2/b12-11+. The van der Waals surface area contributed by atoms with E-state index in [-0.39, 0.29) is 5.75 Å². The van der Waals surface area contributed by atoms with Crippen molar-refractivity contribution in [2.75, 3.05) is 17.3 Å². The number of amides is 1. The van der Waals surface area contributed by atoms with Crippen molar-refractivity contribution in [1.29, 1.82) is 0 Å². The number of carbonyl (C=O) groups excluding carboxylic acids is 2. The quantitative estimate of drug-likeness (QED) is 0.553. The second-order valence-electron chi connectivity index (χ2n) is 6.18. The SMILES string of the molecule is O=C(/C=C/c1ccccc1)OCC(=O)N(c1ccccc1)C1C=CS(=O)(=O)C1. The van der Waals surface area contributed by atoms with Gasteiger partial charge in [-0.05, 0) is 29.8 Å². The summed E-state index contributed by atoms with van der Waals surface area (Å²) in [6.45, 7) is -0.489. The first-order valence-corrected chi connectivity index (χ1v) is 10.3. The van der Waals surface area contributed by atoms with Gasteiger partial charge in [-0.2, -0.15) is 0 Å². The van der Waals surface area contributed by atoms with Gasteiger partial charge < -0.3 is 9.64 Å². The van der Waals surface area contributed by atoms with Crippen LogP contribution in [0.3, 0.4) is 0 Å². The molecule has 144 valence electrons. The molecule has 1 atom stereocenters. The molecule has 0 N–H and O–H groups in total. The fraction of sp³-hybridized carbons (Fsp3) is 0.143. The molecule has 6 nitrogen and oxygen atoms in total. The molecule has 0 bridgehead atoms. The number of carbonyl (C=O) groups is 2. The van der Waals surface area contributed by atoms with Crippen LogP contribution in [0.2, 0.25) is 0 Å². The number of sulfone groups is 1. The van der Waals surface area contributed by atoms with Gasteiger partial charge >= 0.3 is 5.97 Å². The summed E-state index contributed by atoms with van der Waals surface area (Å²) < 4.78 is 28.6. The van der Waals surface area contributed by atoms with Crippen LogP contribution in [-0.4, -0.2) is 38.7 Å². The summed E-state index contributed by atoms with van der Waals surface area (Å²) in [5.41, 5.74) is 1.37. The van der Waals surface area contributed by atoms with Crippen LogP contribution in [0.5, 0.6) is 0 Å². The third-order valence-electron chi connectivity index (χ3n) is 4.10. The summed E-state index contributed by atoms with van der Waals surface area (Å²) in [6, 6.07) is 17.3. The van der Waals surface area contributed by atoms with Gasteiger partial charge in [0.15, 0.2) is 16.4 Å². The molecular weight excluding hydrogens is 378 g/mol. The summed E-state index contributed by atoms with van der Waals surface area (Å²) in [5.74, 6) is -1.35. The number of nitrogens with zero attached hydrogens (tertiary/aromatic N) is 1. The van der Waals surface area contributed by atoms with Crippen LogP contribution >= 0.6 is 0 Å². The van der Waals surface area contributed by atoms with E-state index in [1.54, 1.807) is 36.4 Å². The topological polar surface area (TPSA) is 80.8 Å². The predicted octanol–water partition coefficient (Wildman–Crippen LogP) is 2.59. The van der Waals surface area contributed by atoms with Gasteiger partial charge in [-0.15, -0.1) is 0 Å². The second-order valence-corrected chi connectivity index (χ2v) is 8.11. The molecule has 0 saturated carbocycles. The van der Waals surface area contributed by atoms with E-state index in [0.29, 0.717) is 5.69 Å². The number of esters is 1. The highest BCUT2D eigenvalue weighted by atomic mass is 32.2. The first-order chi connectivity index (χ1) is 13.4. The van der Waals surface area contributed by atoms with Crippen LogP contribution in [0.15, 0.2) is 78.2 Å². The van der Waals surface area contributed by atoms with Crippen molar-refractivity contribution < 1.29 is 22.7 Å². The molecule has 0 saturated heterocycles. The Kier molecular flexibility index (Phi) is 6.06. The molecule has 0 radical (unpaired) electrons. The molecule has 1 aliphatic heterocycles. The van der Waals surface area contributed by atoms with Crippen molar-refractivity contribution in [2.24, 2.45) is 0 Å². The Labute approximate surface area is 163 Å². The average molecular weight is 397 g/mol. The second kappa shape index (κ2) is 8.67. The number of rotatable bonds is 6. The van der Waals surface area contributed by atoms with Crippen LogP contribution in [0, 0.1) is 0 Å². The van der Waals surface area contributed by atoms with E-state index in [1.165, 1.54) is 17.1 Å². The van der Waals surface area contributed by atoms with Crippen LogP contribution in [0.25, 0.3) is 6.08 Å². The number of ether oxygens (including phenoxy) is 1. The number of anilines is 1. The third kappa shape index (κ3) is 5.17. The molecule has 2 aromatic rings. The van der Waals surface area contributed by atoms with E-state index < -0.39 is 34.4 Å². The van der Waals surface area contributed by atoms with Crippen molar-refractivity contribution in [3.63, 3.8) is 0 Å². The smallest absolute Gasteiger partial charge is 0.331 e. The molecule has 1 aliphatic rings. The molecule has 0 fully saturated rings. The zero-order chi connectivity index (χ0) is 20.0. The Morgan fingerprint density at radius 2 is 1.68 bits per heavy atom. The molecule has 1 unspecified atom stereocenters. The number of hydrogen-bond donors (Lipinski definition) is 0. The normalized spacial score (nSPS) is 17.5. The monoisotopic (exact) mass is 397 g/mol. The van der Waals surface area contributed by atoms with Crippen LogP contribution in [-0.2, 0) is 24.2 Å². The van der Waals surface area contributed by atoms with Gasteiger partial charge in [-0.1, -0.05) is 48.5 Å². The minimum Gasteiger partial charge on any atom is -0.452 e. The number of para-hydroxylation sites is 1.